The molecule has 2 N–H and O–H groups in total. The molecule has 1 aliphatic rings. The zero-order chi connectivity index (χ0) is 13.9. The minimum absolute atomic E-state index is 0.230. The van der Waals surface area contributed by atoms with Crippen molar-refractivity contribution in [1.82, 2.24) is 0 Å². The summed E-state index contributed by atoms with van der Waals surface area (Å²) in [6, 6.07) is 6.20. The summed E-state index contributed by atoms with van der Waals surface area (Å²) < 4.78 is 0. The fraction of sp³-hybridized carbons (Fsp3) is 0.588. The van der Waals surface area contributed by atoms with E-state index >= 15 is 0 Å². The standard InChI is InChI=1S/C17H25NO/c1-13-7-6-8-14(2)16(13)11-15(19)12-17(18)9-4-3-5-10-17/h6-8H,3-5,9-12,18H2,1-2H3. The summed E-state index contributed by atoms with van der Waals surface area (Å²) in [7, 11) is 0. The van der Waals surface area contributed by atoms with Crippen LogP contribution in [0.2, 0.25) is 0 Å². The van der Waals surface area contributed by atoms with Crippen molar-refractivity contribution < 1.29 is 4.79 Å². The van der Waals surface area contributed by atoms with Crippen LogP contribution < -0.4 is 5.73 Å². The second-order valence-corrected chi connectivity index (χ2v) is 6.19. The number of nitrogens with two attached hydrogens (primary N) is 1. The predicted molar refractivity (Wildman–Crippen MR) is 79.2 cm³/mol. The zero-order valence-corrected chi connectivity index (χ0v) is 12.2. The third-order valence-corrected chi connectivity index (χ3v) is 4.42. The van der Waals surface area contributed by atoms with Gasteiger partial charge in [0.15, 0.2) is 0 Å². The van der Waals surface area contributed by atoms with E-state index in [1.165, 1.54) is 36.0 Å². The highest BCUT2D eigenvalue weighted by Crippen LogP contribution is 2.29. The third-order valence-electron chi connectivity index (χ3n) is 4.42. The summed E-state index contributed by atoms with van der Waals surface area (Å²) in [5.74, 6) is 0.293. The molecule has 1 saturated carbocycles. The number of carbonyl (C=O) groups is 1. The van der Waals surface area contributed by atoms with Gasteiger partial charge in [-0.1, -0.05) is 37.5 Å². The van der Waals surface area contributed by atoms with E-state index in [9.17, 15) is 4.79 Å². The van der Waals surface area contributed by atoms with Gasteiger partial charge in [0.1, 0.15) is 5.78 Å². The van der Waals surface area contributed by atoms with Crippen molar-refractivity contribution in [2.75, 3.05) is 0 Å². The van der Waals surface area contributed by atoms with Crippen molar-refractivity contribution in [3.8, 4) is 0 Å². The molecular formula is C17H25NO. The number of Topliss-reactive ketones (excluding diaryl/α,β-unsaturated/α-hetero) is 1. The molecule has 0 unspecified atom stereocenters. The Morgan fingerprint density at radius 2 is 1.74 bits per heavy atom. The molecular weight excluding hydrogens is 234 g/mol. The van der Waals surface area contributed by atoms with E-state index in [0.717, 1.165) is 12.8 Å². The summed E-state index contributed by atoms with van der Waals surface area (Å²) in [6.07, 6.45) is 6.71. The molecule has 19 heavy (non-hydrogen) atoms. The summed E-state index contributed by atoms with van der Waals surface area (Å²) in [4.78, 5) is 12.3. The average molecular weight is 259 g/mol. The first-order chi connectivity index (χ1) is 9.00. The maximum atomic E-state index is 12.3. The normalized spacial score (nSPS) is 18.3. The Labute approximate surface area is 116 Å². The largest absolute Gasteiger partial charge is 0.325 e. The fourth-order valence-electron chi connectivity index (χ4n) is 3.21. The minimum Gasteiger partial charge on any atom is -0.325 e. The molecule has 0 spiro atoms. The lowest BCUT2D eigenvalue weighted by Crippen LogP contribution is -2.43. The van der Waals surface area contributed by atoms with Crippen LogP contribution in [0.25, 0.3) is 0 Å². The number of benzene rings is 1. The lowest BCUT2D eigenvalue weighted by atomic mass is 9.78. The van der Waals surface area contributed by atoms with Crippen LogP contribution in [-0.4, -0.2) is 11.3 Å². The lowest BCUT2D eigenvalue weighted by molar-refractivity contribution is -0.119. The Morgan fingerprint density at radius 1 is 1.16 bits per heavy atom. The first-order valence-corrected chi connectivity index (χ1v) is 7.36. The van der Waals surface area contributed by atoms with Crippen LogP contribution in [0.1, 0.15) is 55.2 Å². The van der Waals surface area contributed by atoms with Gasteiger partial charge in [0, 0.05) is 18.4 Å². The quantitative estimate of drug-likeness (QED) is 0.899. The monoisotopic (exact) mass is 259 g/mol. The van der Waals surface area contributed by atoms with Crippen LogP contribution in [0.3, 0.4) is 0 Å². The molecule has 2 rings (SSSR count). The van der Waals surface area contributed by atoms with E-state index in [1.807, 2.05) is 6.07 Å². The molecule has 0 heterocycles. The van der Waals surface area contributed by atoms with Crippen LogP contribution in [-0.2, 0) is 11.2 Å². The molecule has 1 fully saturated rings. The maximum Gasteiger partial charge on any atom is 0.139 e. The van der Waals surface area contributed by atoms with Crippen LogP contribution in [0, 0.1) is 13.8 Å². The molecule has 1 aromatic carbocycles. The molecule has 2 nitrogen and oxygen atoms in total. The van der Waals surface area contributed by atoms with Crippen LogP contribution in [0.4, 0.5) is 0 Å². The molecule has 0 atom stereocenters. The van der Waals surface area contributed by atoms with Gasteiger partial charge >= 0.3 is 0 Å². The molecule has 0 saturated heterocycles. The van der Waals surface area contributed by atoms with Crippen molar-refractivity contribution in [3.63, 3.8) is 0 Å². The maximum absolute atomic E-state index is 12.3. The molecule has 104 valence electrons. The number of rotatable bonds is 4. The Morgan fingerprint density at radius 3 is 2.32 bits per heavy atom. The van der Waals surface area contributed by atoms with E-state index in [-0.39, 0.29) is 5.54 Å². The van der Waals surface area contributed by atoms with Crippen molar-refractivity contribution >= 4 is 5.78 Å². The molecule has 1 aliphatic carbocycles. The van der Waals surface area contributed by atoms with Crippen molar-refractivity contribution in [1.29, 1.82) is 0 Å². The molecule has 2 heteroatoms. The van der Waals surface area contributed by atoms with E-state index in [1.54, 1.807) is 0 Å². The molecule has 0 amide bonds. The highest BCUT2D eigenvalue weighted by molar-refractivity contribution is 5.82. The smallest absolute Gasteiger partial charge is 0.139 e. The van der Waals surface area contributed by atoms with Crippen LogP contribution in [0.5, 0.6) is 0 Å². The Bertz CT molecular complexity index is 438. The van der Waals surface area contributed by atoms with Gasteiger partial charge < -0.3 is 5.73 Å². The number of ketones is 1. The lowest BCUT2D eigenvalue weighted by Gasteiger charge is -2.32. The molecule has 1 aromatic rings. The van der Waals surface area contributed by atoms with Gasteiger partial charge in [-0.3, -0.25) is 4.79 Å². The van der Waals surface area contributed by atoms with Gasteiger partial charge in [-0.15, -0.1) is 0 Å². The molecule has 0 bridgehead atoms. The summed E-state index contributed by atoms with van der Waals surface area (Å²) in [6.45, 7) is 4.16. The topological polar surface area (TPSA) is 43.1 Å². The zero-order valence-electron chi connectivity index (χ0n) is 12.2. The number of hydrogen-bond acceptors (Lipinski definition) is 2. The first-order valence-electron chi connectivity index (χ1n) is 7.36. The van der Waals surface area contributed by atoms with Crippen molar-refractivity contribution in [2.45, 2.75) is 64.3 Å². The average Bonchev–Trinajstić information content (AvgIpc) is 2.34. The molecule has 0 aliphatic heterocycles. The van der Waals surface area contributed by atoms with Gasteiger partial charge in [0.05, 0.1) is 0 Å². The summed E-state index contributed by atoms with van der Waals surface area (Å²) >= 11 is 0. The molecule has 0 radical (unpaired) electrons. The van der Waals surface area contributed by atoms with Gasteiger partial charge in [-0.25, -0.2) is 0 Å². The summed E-state index contributed by atoms with van der Waals surface area (Å²) in [5.41, 5.74) is 9.75. The number of carbonyl (C=O) groups excluding carboxylic acids is 1. The van der Waals surface area contributed by atoms with Crippen LogP contribution in [0.15, 0.2) is 18.2 Å². The fourth-order valence-corrected chi connectivity index (χ4v) is 3.21. The van der Waals surface area contributed by atoms with Crippen molar-refractivity contribution in [3.05, 3.63) is 34.9 Å². The number of aryl methyl sites for hydroxylation is 2. The first kappa shape index (κ1) is 14.3. The minimum atomic E-state index is -0.230. The highest BCUT2D eigenvalue weighted by Gasteiger charge is 2.29. The second kappa shape index (κ2) is 5.87. The predicted octanol–water partition coefficient (Wildman–Crippen LogP) is 3.47. The third kappa shape index (κ3) is 3.66. The van der Waals surface area contributed by atoms with E-state index in [4.69, 9.17) is 5.73 Å². The SMILES string of the molecule is Cc1cccc(C)c1CC(=O)CC1(N)CCCCC1. The van der Waals surface area contributed by atoms with E-state index in [0.29, 0.717) is 18.6 Å². The summed E-state index contributed by atoms with van der Waals surface area (Å²) in [5, 5.41) is 0. The highest BCUT2D eigenvalue weighted by atomic mass is 16.1. The van der Waals surface area contributed by atoms with E-state index < -0.39 is 0 Å². The second-order valence-electron chi connectivity index (χ2n) is 6.19. The van der Waals surface area contributed by atoms with Crippen molar-refractivity contribution in [2.24, 2.45) is 5.73 Å². The Hall–Kier alpha value is -1.15. The van der Waals surface area contributed by atoms with Gasteiger partial charge in [-0.05, 0) is 43.4 Å². The van der Waals surface area contributed by atoms with E-state index in [2.05, 4.69) is 26.0 Å². The Kier molecular flexibility index (Phi) is 4.41. The van der Waals surface area contributed by atoms with Gasteiger partial charge in [-0.2, -0.15) is 0 Å². The van der Waals surface area contributed by atoms with Gasteiger partial charge in [0.2, 0.25) is 0 Å². The van der Waals surface area contributed by atoms with Crippen LogP contribution >= 0.6 is 0 Å². The Balaban J connectivity index is 2.01. The molecule has 0 aromatic heterocycles. The van der Waals surface area contributed by atoms with Gasteiger partial charge in [0.25, 0.3) is 0 Å². The number of hydrogen-bond donors (Lipinski definition) is 1.